The van der Waals surface area contributed by atoms with Gasteiger partial charge in [0.25, 0.3) is 0 Å². The van der Waals surface area contributed by atoms with Gasteiger partial charge in [0, 0.05) is 0 Å². The number of rotatable bonds is 0. The molecule has 0 spiro atoms. The van der Waals surface area contributed by atoms with E-state index in [1.54, 1.807) is 0 Å². The molecule has 0 bridgehead atoms. The Labute approximate surface area is 83.4 Å². The molecule has 14 heavy (non-hydrogen) atoms. The van der Waals surface area contributed by atoms with Crippen molar-refractivity contribution in [3.8, 4) is 0 Å². The Morgan fingerprint density at radius 2 is 1.14 bits per heavy atom. The number of hydrogen-bond donors (Lipinski definition) is 0. The monoisotopic (exact) mass is 176 g/mol. The maximum atomic E-state index is 2.24. The normalized spacial score (nSPS) is 10.6. The van der Waals surface area contributed by atoms with Gasteiger partial charge in [-0.3, -0.25) is 0 Å². The SMILES string of the molecule is b1c2ccccc2cc2ccccc12. The fourth-order valence-corrected chi connectivity index (χ4v) is 1.88. The van der Waals surface area contributed by atoms with Crippen LogP contribution in [0, 0.1) is 0 Å². The van der Waals surface area contributed by atoms with Crippen LogP contribution in [0.1, 0.15) is 0 Å². The molecule has 0 aliphatic carbocycles. The summed E-state index contributed by atoms with van der Waals surface area (Å²) in [5.41, 5.74) is 0. The molecule has 1 heterocycles. The molecule has 0 fully saturated rings. The summed E-state index contributed by atoms with van der Waals surface area (Å²) >= 11 is 0. The molecule has 0 N–H and O–H groups in total. The standard InChI is InChI=1S/C13H9B/c1-3-7-12-10(5-1)9-11-6-2-4-8-13(11)14-12/h1-9H. The van der Waals surface area contributed by atoms with Crippen molar-refractivity contribution in [1.82, 2.24) is 0 Å². The third-order valence-electron chi connectivity index (χ3n) is 2.61. The molecule has 0 aliphatic rings. The molecule has 0 nitrogen and oxygen atoms in total. The van der Waals surface area contributed by atoms with Gasteiger partial charge in [-0.05, 0) is 0 Å². The van der Waals surface area contributed by atoms with E-state index in [0.717, 1.165) is 0 Å². The molecule has 0 radical (unpaired) electrons. The fraction of sp³-hybridized carbons (Fsp3) is 0. The van der Waals surface area contributed by atoms with E-state index in [9.17, 15) is 0 Å². The van der Waals surface area contributed by atoms with Crippen molar-refractivity contribution in [1.29, 1.82) is 0 Å². The summed E-state index contributed by atoms with van der Waals surface area (Å²) in [5.74, 6) is 0. The topological polar surface area (TPSA) is 0 Å². The first-order valence-electron chi connectivity index (χ1n) is 4.81. The first kappa shape index (κ1) is 7.75. The molecule has 0 saturated heterocycles. The third kappa shape index (κ3) is 1.13. The molecule has 1 aromatic heterocycles. The van der Waals surface area contributed by atoms with Crippen molar-refractivity contribution in [2.45, 2.75) is 0 Å². The molecule has 3 rings (SSSR count). The molecule has 2 aromatic carbocycles. The fourth-order valence-electron chi connectivity index (χ4n) is 1.88. The van der Waals surface area contributed by atoms with Crippen molar-refractivity contribution in [3.63, 3.8) is 0 Å². The van der Waals surface area contributed by atoms with Gasteiger partial charge in [0.2, 0.25) is 0 Å². The summed E-state index contributed by atoms with van der Waals surface area (Å²) in [6.07, 6.45) is 0. The summed E-state index contributed by atoms with van der Waals surface area (Å²) in [7, 11) is 0. The molecule has 0 amide bonds. The zero-order valence-electron chi connectivity index (χ0n) is 7.77. The molecular weight excluding hydrogens is 167 g/mol. The van der Waals surface area contributed by atoms with E-state index < -0.39 is 0 Å². The second kappa shape index (κ2) is 2.95. The summed E-state index contributed by atoms with van der Waals surface area (Å²) < 4.78 is 0. The second-order valence-corrected chi connectivity index (χ2v) is 3.55. The predicted octanol–water partition coefficient (Wildman–Crippen LogP) is 3.33. The van der Waals surface area contributed by atoms with Gasteiger partial charge in [0.1, 0.15) is 0 Å². The van der Waals surface area contributed by atoms with Crippen LogP contribution in [0.4, 0.5) is 0 Å². The molecule has 0 atom stereocenters. The van der Waals surface area contributed by atoms with Gasteiger partial charge in [-0.1, -0.05) is 0 Å². The molecule has 0 unspecified atom stereocenters. The number of hydrogen-bond acceptors (Lipinski definition) is 0. The Hall–Kier alpha value is -1.63. The zero-order chi connectivity index (χ0) is 9.38. The van der Waals surface area contributed by atoms with Crippen molar-refractivity contribution < 1.29 is 0 Å². The van der Waals surface area contributed by atoms with Gasteiger partial charge in [0.05, 0.1) is 0 Å². The molecular formula is C13H9B. The van der Waals surface area contributed by atoms with Gasteiger partial charge in [-0.15, -0.1) is 0 Å². The first-order valence-corrected chi connectivity index (χ1v) is 4.81. The Morgan fingerprint density at radius 3 is 1.71 bits per heavy atom. The van der Waals surface area contributed by atoms with Crippen LogP contribution < -0.4 is 0 Å². The Bertz CT molecular complexity index is 494. The van der Waals surface area contributed by atoms with Gasteiger partial charge >= 0.3 is 82.8 Å². The van der Waals surface area contributed by atoms with E-state index in [-0.39, 0.29) is 0 Å². The maximum absolute atomic E-state index is 2.24. The molecule has 0 aliphatic heterocycles. The van der Waals surface area contributed by atoms with E-state index in [1.165, 1.54) is 21.3 Å². The van der Waals surface area contributed by atoms with Crippen LogP contribution in [0.5, 0.6) is 0 Å². The minimum atomic E-state index is 1.31. The van der Waals surface area contributed by atoms with E-state index in [2.05, 4.69) is 61.5 Å². The van der Waals surface area contributed by atoms with Crippen LogP contribution in [0.25, 0.3) is 21.3 Å². The van der Waals surface area contributed by atoms with Gasteiger partial charge in [-0.25, -0.2) is 0 Å². The summed E-state index contributed by atoms with van der Waals surface area (Å²) in [4.78, 5) is 0. The van der Waals surface area contributed by atoms with Gasteiger partial charge in [0.15, 0.2) is 0 Å². The summed E-state index contributed by atoms with van der Waals surface area (Å²) in [6, 6.07) is 19.2. The van der Waals surface area contributed by atoms with Crippen LogP contribution in [0.3, 0.4) is 0 Å². The van der Waals surface area contributed by atoms with Crippen molar-refractivity contribution in [2.75, 3.05) is 0 Å². The van der Waals surface area contributed by atoms with Crippen LogP contribution in [-0.2, 0) is 0 Å². The van der Waals surface area contributed by atoms with Crippen molar-refractivity contribution in [2.24, 2.45) is 0 Å². The van der Waals surface area contributed by atoms with E-state index >= 15 is 0 Å². The zero-order valence-corrected chi connectivity index (χ0v) is 7.77. The van der Waals surface area contributed by atoms with E-state index in [1.807, 2.05) is 0 Å². The van der Waals surface area contributed by atoms with E-state index in [4.69, 9.17) is 0 Å². The number of fused-ring (bicyclic) bond motifs is 2. The first-order chi connectivity index (χ1) is 6.93. The Balaban J connectivity index is 2.52. The molecule has 64 valence electrons. The summed E-state index contributed by atoms with van der Waals surface area (Å²) in [5, 5.41) is 5.25. The Kier molecular flexibility index (Phi) is 1.63. The quantitative estimate of drug-likeness (QED) is 0.461. The average molecular weight is 176 g/mol. The second-order valence-electron chi connectivity index (χ2n) is 3.55. The minimum absolute atomic E-state index is 1.31. The van der Waals surface area contributed by atoms with Crippen LogP contribution in [0.2, 0.25) is 0 Å². The Morgan fingerprint density at radius 1 is 0.643 bits per heavy atom. The van der Waals surface area contributed by atoms with Crippen molar-refractivity contribution >= 4 is 28.2 Å². The van der Waals surface area contributed by atoms with Gasteiger partial charge in [-0.2, -0.15) is 0 Å². The predicted molar refractivity (Wildman–Crippen MR) is 62.8 cm³/mol. The number of benzene rings is 2. The van der Waals surface area contributed by atoms with Crippen LogP contribution in [0.15, 0.2) is 54.6 Å². The third-order valence-corrected chi connectivity index (χ3v) is 2.61. The summed E-state index contributed by atoms with van der Waals surface area (Å²) in [6.45, 7) is 2.24. The van der Waals surface area contributed by atoms with Crippen LogP contribution in [-0.4, -0.2) is 6.91 Å². The molecule has 0 saturated carbocycles. The van der Waals surface area contributed by atoms with Crippen molar-refractivity contribution in [3.05, 3.63) is 54.6 Å². The molecule has 1 heteroatoms. The van der Waals surface area contributed by atoms with Gasteiger partial charge < -0.3 is 0 Å². The van der Waals surface area contributed by atoms with Crippen LogP contribution >= 0.6 is 0 Å². The average Bonchev–Trinajstić information content (AvgIpc) is 2.26. The molecule has 3 aromatic rings. The van der Waals surface area contributed by atoms with E-state index in [0.29, 0.717) is 0 Å².